The van der Waals surface area contributed by atoms with Gasteiger partial charge in [-0.1, -0.05) is 59.8 Å². The first-order chi connectivity index (χ1) is 16.4. The highest BCUT2D eigenvalue weighted by Crippen LogP contribution is 2.21. The topological polar surface area (TPSA) is 84.3 Å². The van der Waals surface area contributed by atoms with Crippen molar-refractivity contribution in [3.05, 3.63) is 94.8 Å². The van der Waals surface area contributed by atoms with Gasteiger partial charge in [0.15, 0.2) is 5.16 Å². The molecule has 0 unspecified atom stereocenters. The number of amides is 2. The minimum Gasteiger partial charge on any atom is -0.336 e. The van der Waals surface area contributed by atoms with Crippen molar-refractivity contribution in [2.45, 2.75) is 12.1 Å². The van der Waals surface area contributed by atoms with E-state index in [0.717, 1.165) is 5.56 Å². The van der Waals surface area contributed by atoms with Gasteiger partial charge in [0.1, 0.15) is 0 Å². The van der Waals surface area contributed by atoms with E-state index in [4.69, 9.17) is 0 Å². The van der Waals surface area contributed by atoms with E-state index in [9.17, 15) is 14.4 Å². The van der Waals surface area contributed by atoms with Crippen molar-refractivity contribution < 1.29 is 9.59 Å². The summed E-state index contributed by atoms with van der Waals surface area (Å²) < 4.78 is 1.52. The Bertz CT molecular complexity index is 1390. The van der Waals surface area contributed by atoms with Gasteiger partial charge < -0.3 is 10.2 Å². The molecule has 2 amide bonds. The number of benzene rings is 3. The normalized spacial score (nSPS) is 10.8. The van der Waals surface area contributed by atoms with Gasteiger partial charge >= 0.3 is 0 Å². The molecule has 7 nitrogen and oxygen atoms in total. The van der Waals surface area contributed by atoms with Gasteiger partial charge in [-0.15, -0.1) is 0 Å². The van der Waals surface area contributed by atoms with Gasteiger partial charge in [0, 0.05) is 12.7 Å². The number of aromatic nitrogens is 2. The minimum absolute atomic E-state index is 0.0337. The maximum atomic E-state index is 13.2. The summed E-state index contributed by atoms with van der Waals surface area (Å²) in [6.07, 6.45) is 0. The van der Waals surface area contributed by atoms with E-state index in [1.54, 1.807) is 25.2 Å². The Kier molecular flexibility index (Phi) is 7.08. The van der Waals surface area contributed by atoms with Crippen molar-refractivity contribution in [1.29, 1.82) is 0 Å². The van der Waals surface area contributed by atoms with Crippen molar-refractivity contribution in [3.63, 3.8) is 0 Å². The highest BCUT2D eigenvalue weighted by Gasteiger charge is 2.17. The second-order valence-corrected chi connectivity index (χ2v) is 8.78. The summed E-state index contributed by atoms with van der Waals surface area (Å²) >= 11 is 1.17. The van der Waals surface area contributed by atoms with Crippen LogP contribution in [-0.2, 0) is 9.59 Å². The number of anilines is 1. The summed E-state index contributed by atoms with van der Waals surface area (Å²) in [5.41, 5.74) is 2.82. The largest absolute Gasteiger partial charge is 0.336 e. The number of carbonyl (C=O) groups is 2. The van der Waals surface area contributed by atoms with Gasteiger partial charge in [-0.25, -0.2) is 4.98 Å². The molecule has 1 N–H and O–H groups in total. The van der Waals surface area contributed by atoms with E-state index in [2.05, 4.69) is 10.3 Å². The molecule has 4 rings (SSSR count). The molecule has 0 aliphatic carbocycles. The van der Waals surface area contributed by atoms with Crippen LogP contribution in [0, 0.1) is 6.92 Å². The van der Waals surface area contributed by atoms with E-state index < -0.39 is 0 Å². The fraction of sp³-hybridized carbons (Fsp3) is 0.154. The molecule has 172 valence electrons. The van der Waals surface area contributed by atoms with Crippen LogP contribution in [0.3, 0.4) is 0 Å². The molecule has 3 aromatic carbocycles. The maximum Gasteiger partial charge on any atom is 0.266 e. The Hall–Kier alpha value is -3.91. The summed E-state index contributed by atoms with van der Waals surface area (Å²) in [6.45, 7) is 1.89. The maximum absolute atomic E-state index is 13.2. The van der Waals surface area contributed by atoms with Gasteiger partial charge in [0.05, 0.1) is 28.9 Å². The van der Waals surface area contributed by atoms with Crippen LogP contribution in [0.25, 0.3) is 16.6 Å². The van der Waals surface area contributed by atoms with Crippen molar-refractivity contribution >= 4 is 40.2 Å². The molecule has 1 heterocycles. The third-order valence-corrected chi connectivity index (χ3v) is 6.15. The molecule has 0 spiro atoms. The van der Waals surface area contributed by atoms with Gasteiger partial charge in [-0.3, -0.25) is 19.0 Å². The molecule has 34 heavy (non-hydrogen) atoms. The van der Waals surface area contributed by atoms with Gasteiger partial charge in [0.25, 0.3) is 5.56 Å². The van der Waals surface area contributed by atoms with Crippen molar-refractivity contribution in [2.75, 3.05) is 24.7 Å². The zero-order chi connectivity index (χ0) is 24.1. The molecule has 0 aliphatic rings. The second-order valence-electron chi connectivity index (χ2n) is 7.84. The number of likely N-dealkylation sites (N-methyl/N-ethyl adjacent to an activating group) is 1. The Balaban J connectivity index is 1.49. The predicted octanol–water partition coefficient (Wildman–Crippen LogP) is 3.88. The lowest BCUT2D eigenvalue weighted by Crippen LogP contribution is -2.36. The molecule has 0 saturated carbocycles. The smallest absolute Gasteiger partial charge is 0.266 e. The van der Waals surface area contributed by atoms with Crippen LogP contribution in [0.2, 0.25) is 0 Å². The molecule has 4 aromatic rings. The van der Waals surface area contributed by atoms with E-state index in [-0.39, 0.29) is 29.7 Å². The van der Waals surface area contributed by atoms with E-state index >= 15 is 0 Å². The first-order valence-electron chi connectivity index (χ1n) is 10.7. The SMILES string of the molecule is Cc1ccc(NC(=O)CN(C)C(=O)CSc2nc3ccccc3c(=O)n2-c2ccccc2)cc1. The van der Waals surface area contributed by atoms with Crippen LogP contribution in [0.15, 0.2) is 88.8 Å². The van der Waals surface area contributed by atoms with E-state index in [1.807, 2.05) is 67.6 Å². The molecule has 8 heteroatoms. The fourth-order valence-electron chi connectivity index (χ4n) is 3.39. The molecule has 0 atom stereocenters. The van der Waals surface area contributed by atoms with Crippen molar-refractivity contribution in [3.8, 4) is 5.69 Å². The summed E-state index contributed by atoms with van der Waals surface area (Å²) in [5, 5.41) is 3.71. The number of nitrogens with one attached hydrogen (secondary N) is 1. The molecule has 0 fully saturated rings. The summed E-state index contributed by atoms with van der Waals surface area (Å²) in [7, 11) is 1.58. The van der Waals surface area contributed by atoms with Gasteiger partial charge in [0.2, 0.25) is 11.8 Å². The Morgan fingerprint density at radius 1 is 0.971 bits per heavy atom. The molecule has 0 aliphatic heterocycles. The number of nitrogens with zero attached hydrogens (tertiary/aromatic N) is 3. The minimum atomic E-state index is -0.283. The average Bonchev–Trinajstić information content (AvgIpc) is 2.84. The number of thioether (sulfide) groups is 1. The molecular weight excluding hydrogens is 448 g/mol. The number of rotatable bonds is 7. The monoisotopic (exact) mass is 472 g/mol. The summed E-state index contributed by atoms with van der Waals surface area (Å²) in [5.74, 6) is -0.493. The predicted molar refractivity (Wildman–Crippen MR) is 136 cm³/mol. The molecular formula is C26H24N4O3S. The molecule has 1 aromatic heterocycles. The van der Waals surface area contributed by atoms with Crippen LogP contribution in [0.5, 0.6) is 0 Å². The van der Waals surface area contributed by atoms with Crippen molar-refractivity contribution in [1.82, 2.24) is 14.5 Å². The fourth-order valence-corrected chi connectivity index (χ4v) is 4.34. The number of para-hydroxylation sites is 2. The summed E-state index contributed by atoms with van der Waals surface area (Å²) in [4.78, 5) is 44.3. The van der Waals surface area contributed by atoms with E-state index in [1.165, 1.54) is 21.2 Å². The zero-order valence-electron chi connectivity index (χ0n) is 18.9. The number of carbonyl (C=O) groups excluding carboxylic acids is 2. The first kappa shape index (κ1) is 23.3. The van der Waals surface area contributed by atoms with Gasteiger partial charge in [-0.2, -0.15) is 0 Å². The number of fused-ring (bicyclic) bond motifs is 1. The molecule has 0 radical (unpaired) electrons. The van der Waals surface area contributed by atoms with Crippen LogP contribution in [0.4, 0.5) is 5.69 Å². The number of hydrogen-bond donors (Lipinski definition) is 1. The van der Waals surface area contributed by atoms with Crippen LogP contribution < -0.4 is 10.9 Å². The third-order valence-electron chi connectivity index (χ3n) is 5.23. The summed E-state index contributed by atoms with van der Waals surface area (Å²) in [6, 6.07) is 23.8. The van der Waals surface area contributed by atoms with E-state index in [0.29, 0.717) is 27.4 Å². The van der Waals surface area contributed by atoms with Crippen LogP contribution in [0.1, 0.15) is 5.56 Å². The zero-order valence-corrected chi connectivity index (χ0v) is 19.7. The lowest BCUT2D eigenvalue weighted by atomic mass is 10.2. The quantitative estimate of drug-likeness (QED) is 0.326. The Morgan fingerprint density at radius 2 is 1.65 bits per heavy atom. The molecule has 0 saturated heterocycles. The third kappa shape index (κ3) is 5.35. The van der Waals surface area contributed by atoms with Crippen molar-refractivity contribution in [2.24, 2.45) is 0 Å². The number of hydrogen-bond acceptors (Lipinski definition) is 5. The Morgan fingerprint density at radius 3 is 2.38 bits per heavy atom. The molecule has 0 bridgehead atoms. The highest BCUT2D eigenvalue weighted by molar-refractivity contribution is 7.99. The van der Waals surface area contributed by atoms with Crippen LogP contribution in [-0.4, -0.2) is 45.6 Å². The highest BCUT2D eigenvalue weighted by atomic mass is 32.2. The standard InChI is InChI=1S/C26H24N4O3S/c1-18-12-14-19(15-13-18)27-23(31)16-29(2)24(32)17-34-26-28-22-11-7-6-10-21(22)25(33)30(26)20-8-4-3-5-9-20/h3-15H,16-17H2,1-2H3,(H,27,31). The van der Waals surface area contributed by atoms with Gasteiger partial charge in [-0.05, 0) is 43.3 Å². The average molecular weight is 473 g/mol. The second kappa shape index (κ2) is 10.4. The lowest BCUT2D eigenvalue weighted by Gasteiger charge is -2.17. The first-order valence-corrected chi connectivity index (χ1v) is 11.7. The Labute approximate surface area is 201 Å². The number of aryl methyl sites for hydroxylation is 1. The lowest BCUT2D eigenvalue weighted by molar-refractivity contribution is -0.131. The van der Waals surface area contributed by atoms with Crippen LogP contribution >= 0.6 is 11.8 Å².